The van der Waals surface area contributed by atoms with Crippen LogP contribution in [0.2, 0.25) is 0 Å². The summed E-state index contributed by atoms with van der Waals surface area (Å²) < 4.78 is 5.22. The van der Waals surface area contributed by atoms with E-state index in [4.69, 9.17) is 4.74 Å². The summed E-state index contributed by atoms with van der Waals surface area (Å²) in [5.41, 5.74) is 0.954. The van der Waals surface area contributed by atoms with Crippen molar-refractivity contribution in [2.24, 2.45) is 5.92 Å². The summed E-state index contributed by atoms with van der Waals surface area (Å²) in [7, 11) is 0. The molecule has 24 heavy (non-hydrogen) atoms. The van der Waals surface area contributed by atoms with Crippen molar-refractivity contribution in [1.29, 1.82) is 0 Å². The Balaban J connectivity index is 1.91. The highest BCUT2D eigenvalue weighted by molar-refractivity contribution is 6.12. The van der Waals surface area contributed by atoms with Gasteiger partial charge in [0.2, 0.25) is 5.91 Å². The van der Waals surface area contributed by atoms with Crippen molar-refractivity contribution in [3.8, 4) is 0 Å². The van der Waals surface area contributed by atoms with Gasteiger partial charge in [0.25, 0.3) is 5.91 Å². The van der Waals surface area contributed by atoms with E-state index in [9.17, 15) is 14.4 Å². The predicted molar refractivity (Wildman–Crippen MR) is 88.7 cm³/mol. The number of amides is 2. The van der Waals surface area contributed by atoms with Crippen LogP contribution in [0.25, 0.3) is 0 Å². The van der Waals surface area contributed by atoms with E-state index in [1.54, 1.807) is 29.2 Å². The Labute approximate surface area is 141 Å². The van der Waals surface area contributed by atoms with Crippen molar-refractivity contribution < 1.29 is 19.1 Å². The number of benzene rings is 1. The van der Waals surface area contributed by atoms with Crippen LogP contribution in [0.5, 0.6) is 0 Å². The first-order valence-electron chi connectivity index (χ1n) is 8.36. The average molecular weight is 330 g/mol. The van der Waals surface area contributed by atoms with Crippen molar-refractivity contribution in [3.63, 3.8) is 0 Å². The van der Waals surface area contributed by atoms with Crippen LogP contribution < -0.4 is 4.90 Å². The molecule has 6 nitrogen and oxygen atoms in total. The molecule has 0 aromatic heterocycles. The molecule has 0 N–H and O–H groups in total. The van der Waals surface area contributed by atoms with Gasteiger partial charge in [-0.2, -0.15) is 0 Å². The van der Waals surface area contributed by atoms with Gasteiger partial charge in [0.1, 0.15) is 12.6 Å². The molecule has 0 unspecified atom stereocenters. The number of carbonyl (C=O) groups is 3. The predicted octanol–water partition coefficient (Wildman–Crippen LogP) is 1.84. The summed E-state index contributed by atoms with van der Waals surface area (Å²) in [4.78, 5) is 40.9. The lowest BCUT2D eigenvalue weighted by molar-refractivity contribution is -0.144. The Hall–Kier alpha value is -2.37. The van der Waals surface area contributed by atoms with E-state index in [1.165, 1.54) is 4.90 Å². The second kappa shape index (κ2) is 6.63. The van der Waals surface area contributed by atoms with Crippen LogP contribution in [0.3, 0.4) is 0 Å². The molecule has 0 spiro atoms. The Morgan fingerprint density at radius 2 is 2.04 bits per heavy atom. The molecule has 1 fully saturated rings. The van der Waals surface area contributed by atoms with E-state index in [0.717, 1.165) is 6.42 Å². The third-order valence-corrected chi connectivity index (χ3v) is 4.35. The zero-order chi connectivity index (χ0) is 17.3. The molecule has 3 rings (SSSR count). The number of carbonyl (C=O) groups excluding carboxylic acids is 3. The van der Waals surface area contributed by atoms with Gasteiger partial charge in [-0.25, -0.2) is 0 Å². The molecule has 0 aliphatic carbocycles. The fourth-order valence-electron chi connectivity index (χ4n) is 3.21. The average Bonchev–Trinajstić information content (AvgIpc) is 3.03. The van der Waals surface area contributed by atoms with Crippen LogP contribution in [0.4, 0.5) is 5.69 Å². The largest absolute Gasteiger partial charge is 0.464 e. The molecule has 1 aromatic carbocycles. The maximum absolute atomic E-state index is 12.9. The fraction of sp³-hybridized carbons (Fsp3) is 0.500. The van der Waals surface area contributed by atoms with Gasteiger partial charge in [-0.1, -0.05) is 26.0 Å². The van der Waals surface area contributed by atoms with Crippen molar-refractivity contribution in [1.82, 2.24) is 4.90 Å². The molecule has 2 aliphatic heterocycles. The van der Waals surface area contributed by atoms with E-state index in [0.29, 0.717) is 30.8 Å². The number of ether oxygens (including phenoxy) is 1. The number of anilines is 1. The summed E-state index contributed by atoms with van der Waals surface area (Å²) in [6.07, 6.45) is 1.44. The molecular weight excluding hydrogens is 308 g/mol. The van der Waals surface area contributed by atoms with Gasteiger partial charge >= 0.3 is 5.97 Å². The standard InChI is InChI=1S/C18H22N2O4/c1-12(2)11-24-16(21)10-20-14-7-4-3-6-13(14)17(22)19-9-5-8-15(19)18(20)23/h3-4,6-7,12,15H,5,8-11H2,1-2H3/t15-/m0/s1. The lowest BCUT2D eigenvalue weighted by Gasteiger charge is -2.25. The van der Waals surface area contributed by atoms with Crippen LogP contribution in [0.15, 0.2) is 24.3 Å². The third kappa shape index (κ3) is 3.00. The molecule has 0 bridgehead atoms. The molecule has 6 heteroatoms. The van der Waals surface area contributed by atoms with Gasteiger partial charge in [0, 0.05) is 6.54 Å². The van der Waals surface area contributed by atoms with Gasteiger partial charge in [-0.3, -0.25) is 19.3 Å². The van der Waals surface area contributed by atoms with Crippen molar-refractivity contribution in [2.45, 2.75) is 32.7 Å². The lowest BCUT2D eigenvalue weighted by atomic mass is 10.1. The molecule has 0 radical (unpaired) electrons. The molecule has 2 heterocycles. The Morgan fingerprint density at radius 3 is 2.79 bits per heavy atom. The van der Waals surface area contributed by atoms with Gasteiger partial charge < -0.3 is 9.64 Å². The van der Waals surface area contributed by atoms with Gasteiger partial charge in [0.05, 0.1) is 17.9 Å². The Bertz CT molecular complexity index is 671. The number of esters is 1. The molecule has 1 saturated heterocycles. The minimum absolute atomic E-state index is 0.139. The van der Waals surface area contributed by atoms with Crippen molar-refractivity contribution in [2.75, 3.05) is 24.6 Å². The van der Waals surface area contributed by atoms with Crippen LogP contribution in [0.1, 0.15) is 37.0 Å². The second-order valence-corrected chi connectivity index (χ2v) is 6.67. The second-order valence-electron chi connectivity index (χ2n) is 6.67. The summed E-state index contributed by atoms with van der Waals surface area (Å²) in [6.45, 7) is 4.63. The topological polar surface area (TPSA) is 66.9 Å². The zero-order valence-corrected chi connectivity index (χ0v) is 14.0. The number of hydrogen-bond donors (Lipinski definition) is 0. The molecule has 128 valence electrons. The van der Waals surface area contributed by atoms with E-state index < -0.39 is 12.0 Å². The number of hydrogen-bond acceptors (Lipinski definition) is 4. The molecule has 1 aromatic rings. The first-order valence-corrected chi connectivity index (χ1v) is 8.36. The van der Waals surface area contributed by atoms with Crippen LogP contribution in [-0.2, 0) is 14.3 Å². The van der Waals surface area contributed by atoms with E-state index >= 15 is 0 Å². The quantitative estimate of drug-likeness (QED) is 0.790. The van der Waals surface area contributed by atoms with E-state index in [1.807, 2.05) is 13.8 Å². The van der Waals surface area contributed by atoms with Crippen molar-refractivity contribution in [3.05, 3.63) is 29.8 Å². The first kappa shape index (κ1) is 16.5. The number of nitrogens with zero attached hydrogens (tertiary/aromatic N) is 2. The highest BCUT2D eigenvalue weighted by atomic mass is 16.5. The van der Waals surface area contributed by atoms with Crippen LogP contribution >= 0.6 is 0 Å². The van der Waals surface area contributed by atoms with Gasteiger partial charge in [-0.15, -0.1) is 0 Å². The maximum atomic E-state index is 12.9. The van der Waals surface area contributed by atoms with E-state index in [-0.39, 0.29) is 24.3 Å². The van der Waals surface area contributed by atoms with E-state index in [2.05, 4.69) is 0 Å². The normalized spacial score (nSPS) is 20.0. The molecular formula is C18H22N2O4. The number of para-hydroxylation sites is 1. The van der Waals surface area contributed by atoms with Crippen molar-refractivity contribution >= 4 is 23.5 Å². The lowest BCUT2D eigenvalue weighted by Crippen LogP contribution is -2.46. The Morgan fingerprint density at radius 1 is 1.29 bits per heavy atom. The minimum atomic E-state index is -0.484. The molecule has 2 amide bonds. The molecule has 2 aliphatic rings. The number of rotatable bonds is 4. The fourth-order valence-corrected chi connectivity index (χ4v) is 3.21. The summed E-state index contributed by atoms with van der Waals surface area (Å²) in [5, 5.41) is 0. The third-order valence-electron chi connectivity index (χ3n) is 4.35. The molecule has 1 atom stereocenters. The SMILES string of the molecule is CC(C)COC(=O)CN1C(=O)[C@@H]2CCCN2C(=O)c2ccccc21. The molecule has 0 saturated carbocycles. The monoisotopic (exact) mass is 330 g/mol. The highest BCUT2D eigenvalue weighted by Gasteiger charge is 2.42. The zero-order valence-electron chi connectivity index (χ0n) is 14.0. The summed E-state index contributed by atoms with van der Waals surface area (Å²) in [6, 6.07) is 6.47. The summed E-state index contributed by atoms with van der Waals surface area (Å²) in [5.74, 6) is -0.564. The Kier molecular flexibility index (Phi) is 4.55. The maximum Gasteiger partial charge on any atom is 0.326 e. The van der Waals surface area contributed by atoms with Gasteiger partial charge in [0.15, 0.2) is 0 Å². The first-order chi connectivity index (χ1) is 11.5. The van der Waals surface area contributed by atoms with Crippen LogP contribution in [-0.4, -0.2) is 48.4 Å². The smallest absolute Gasteiger partial charge is 0.326 e. The van der Waals surface area contributed by atoms with Crippen LogP contribution in [0, 0.1) is 5.92 Å². The van der Waals surface area contributed by atoms with Gasteiger partial charge in [-0.05, 0) is 30.9 Å². The highest BCUT2D eigenvalue weighted by Crippen LogP contribution is 2.32. The number of fused-ring (bicyclic) bond motifs is 2. The summed E-state index contributed by atoms with van der Waals surface area (Å²) >= 11 is 0. The minimum Gasteiger partial charge on any atom is -0.464 e.